The molecule has 2 aromatic rings. The van der Waals surface area contributed by atoms with Gasteiger partial charge in [-0.2, -0.15) is 8.42 Å². The normalized spacial score (nSPS) is 11.4. The molecule has 0 aliphatic carbocycles. The molecule has 2 aromatic heterocycles. The first-order valence-corrected chi connectivity index (χ1v) is 12.1. The van der Waals surface area contributed by atoms with Crippen LogP contribution in [0.15, 0.2) is 53.5 Å². The van der Waals surface area contributed by atoms with Crippen LogP contribution in [0.3, 0.4) is 0 Å². The minimum absolute atomic E-state index is 0.826. The van der Waals surface area contributed by atoms with E-state index in [1.54, 1.807) is 24.5 Å². The van der Waals surface area contributed by atoms with Crippen molar-refractivity contribution >= 4 is 37.4 Å². The van der Waals surface area contributed by atoms with Crippen LogP contribution in [-0.4, -0.2) is 68.5 Å². The molecule has 2 heterocycles. The third-order valence-corrected chi connectivity index (χ3v) is 3.46. The molecule has 0 amide bonds. The molecule has 0 radical (unpaired) electrons. The first kappa shape index (κ1) is 27.2. The molecule has 13 heteroatoms. The van der Waals surface area contributed by atoms with Crippen molar-refractivity contribution in [1.82, 2.24) is 4.98 Å². The summed E-state index contributed by atoms with van der Waals surface area (Å²) in [7, 11) is 0.925. The second kappa shape index (κ2) is 12.0. The molecule has 0 unspecified atom stereocenters. The van der Waals surface area contributed by atoms with Gasteiger partial charge in [0.05, 0.1) is 24.9 Å². The van der Waals surface area contributed by atoms with Gasteiger partial charge in [-0.3, -0.25) is 4.98 Å². The Hall–Kier alpha value is -2.77. The van der Waals surface area contributed by atoms with Crippen molar-refractivity contribution in [2.75, 3.05) is 50.5 Å². The zero-order valence-electron chi connectivity index (χ0n) is 17.8. The van der Waals surface area contributed by atoms with E-state index < -0.39 is 26.1 Å². The third-order valence-electron chi connectivity index (χ3n) is 2.97. The zero-order valence-corrected chi connectivity index (χ0v) is 19.4. The maximum Gasteiger partial charge on any atom is 0.335 e. The molecule has 0 atom stereocenters. The summed E-state index contributed by atoms with van der Waals surface area (Å²) < 4.78 is 44.5. The van der Waals surface area contributed by atoms with Crippen LogP contribution < -0.4 is 24.6 Å². The van der Waals surface area contributed by atoms with Crippen molar-refractivity contribution in [1.29, 1.82) is 0 Å². The fraction of sp³-hybridized carbons (Fsp3) is 0.353. The Balaban J connectivity index is 0.000000502. The number of anilines is 2. The molecule has 0 aromatic carbocycles. The SMILES string of the molecule is CN(C)c1cc[n+](C([O-])=NS(C)(=O)=O)cc1.CN(C)c1ccncc1.CS(N)(=O)=O. The number of aromatic nitrogens is 2. The van der Waals surface area contributed by atoms with Crippen LogP contribution in [0, 0.1) is 0 Å². The fourth-order valence-electron chi connectivity index (χ4n) is 1.68. The van der Waals surface area contributed by atoms with Crippen molar-refractivity contribution in [3.63, 3.8) is 0 Å². The van der Waals surface area contributed by atoms with Gasteiger partial charge in [0, 0.05) is 68.5 Å². The van der Waals surface area contributed by atoms with E-state index in [0.717, 1.165) is 22.8 Å². The van der Waals surface area contributed by atoms with Gasteiger partial charge in [-0.05, 0) is 12.1 Å². The van der Waals surface area contributed by atoms with Gasteiger partial charge in [0.1, 0.15) is 0 Å². The Labute approximate surface area is 178 Å². The highest BCUT2D eigenvalue weighted by molar-refractivity contribution is 7.89. The number of hydrogen-bond donors (Lipinski definition) is 1. The highest BCUT2D eigenvalue weighted by Crippen LogP contribution is 2.06. The largest absolute Gasteiger partial charge is 0.806 e. The molecule has 0 spiro atoms. The second-order valence-electron chi connectivity index (χ2n) is 6.39. The number of primary sulfonamides is 1. The average molecular weight is 461 g/mol. The van der Waals surface area contributed by atoms with Crippen LogP contribution in [0.1, 0.15) is 0 Å². The Bertz CT molecular complexity index is 998. The second-order valence-corrected chi connectivity index (χ2v) is 9.70. The number of pyridine rings is 2. The van der Waals surface area contributed by atoms with Gasteiger partial charge in [-0.25, -0.2) is 18.1 Å². The first-order chi connectivity index (χ1) is 13.6. The number of hydrogen-bond acceptors (Lipinski definition) is 8. The minimum Gasteiger partial charge on any atom is -0.806 e. The molecular formula is C17H28N6O5S2. The number of rotatable bonds is 3. The lowest BCUT2D eigenvalue weighted by molar-refractivity contribution is -0.613. The molecule has 2 N–H and O–H groups in total. The predicted octanol–water partition coefficient (Wildman–Crippen LogP) is -1.38. The molecule has 168 valence electrons. The van der Waals surface area contributed by atoms with E-state index in [0.29, 0.717) is 0 Å². The lowest BCUT2D eigenvalue weighted by Gasteiger charge is -2.11. The molecule has 30 heavy (non-hydrogen) atoms. The summed E-state index contributed by atoms with van der Waals surface area (Å²) in [6.07, 6.45) is 8.32. The Morgan fingerprint density at radius 3 is 1.60 bits per heavy atom. The molecule has 2 rings (SSSR count). The van der Waals surface area contributed by atoms with Gasteiger partial charge in [0.15, 0.2) is 0 Å². The molecular weight excluding hydrogens is 432 g/mol. The van der Waals surface area contributed by atoms with Gasteiger partial charge in [-0.15, -0.1) is 0 Å². The highest BCUT2D eigenvalue weighted by Gasteiger charge is 2.08. The highest BCUT2D eigenvalue weighted by atomic mass is 32.2. The van der Waals surface area contributed by atoms with Gasteiger partial charge in [0.2, 0.25) is 10.0 Å². The van der Waals surface area contributed by atoms with Crippen LogP contribution in [0.25, 0.3) is 0 Å². The molecule has 0 fully saturated rings. The van der Waals surface area contributed by atoms with E-state index in [4.69, 9.17) is 0 Å². The Morgan fingerprint density at radius 1 is 0.933 bits per heavy atom. The summed E-state index contributed by atoms with van der Waals surface area (Å²) in [4.78, 5) is 7.81. The van der Waals surface area contributed by atoms with Crippen LogP contribution in [0.2, 0.25) is 0 Å². The maximum absolute atomic E-state index is 11.3. The van der Waals surface area contributed by atoms with Gasteiger partial charge in [-0.1, -0.05) is 0 Å². The van der Waals surface area contributed by atoms with Crippen molar-refractivity contribution in [3.05, 3.63) is 49.1 Å². The fourth-order valence-corrected chi connectivity index (χ4v) is 2.05. The zero-order chi connectivity index (χ0) is 23.5. The minimum atomic E-state index is -3.65. The third kappa shape index (κ3) is 14.3. The summed E-state index contributed by atoms with van der Waals surface area (Å²) in [6, 6.07) is 6.50. The van der Waals surface area contributed by atoms with Crippen molar-refractivity contribution in [2.45, 2.75) is 0 Å². The summed E-state index contributed by atoms with van der Waals surface area (Å²) in [5, 5.41) is 15.7. The smallest absolute Gasteiger partial charge is 0.335 e. The topological polar surface area (TPSA) is 153 Å². The number of sulfonamides is 2. The van der Waals surface area contributed by atoms with Crippen LogP contribution >= 0.6 is 0 Å². The molecule has 0 bridgehead atoms. The van der Waals surface area contributed by atoms with E-state index in [1.165, 1.54) is 18.1 Å². The number of nitrogens with zero attached hydrogens (tertiary/aromatic N) is 5. The van der Waals surface area contributed by atoms with Crippen molar-refractivity contribution in [3.8, 4) is 0 Å². The van der Waals surface area contributed by atoms with Crippen LogP contribution in [-0.2, 0) is 20.0 Å². The van der Waals surface area contributed by atoms with Gasteiger partial charge in [0.25, 0.3) is 6.02 Å². The average Bonchev–Trinajstić information content (AvgIpc) is 2.60. The molecule has 11 nitrogen and oxygen atoms in total. The predicted molar refractivity (Wildman–Crippen MR) is 116 cm³/mol. The van der Waals surface area contributed by atoms with E-state index in [2.05, 4.69) is 14.5 Å². The quantitative estimate of drug-likeness (QED) is 0.334. The Morgan fingerprint density at radius 2 is 1.30 bits per heavy atom. The lowest BCUT2D eigenvalue weighted by atomic mass is 10.4. The summed E-state index contributed by atoms with van der Waals surface area (Å²) >= 11 is 0. The lowest BCUT2D eigenvalue weighted by Crippen LogP contribution is -2.50. The van der Waals surface area contributed by atoms with E-state index in [-0.39, 0.29) is 0 Å². The first-order valence-electron chi connectivity index (χ1n) is 8.31. The van der Waals surface area contributed by atoms with Crippen molar-refractivity contribution in [2.24, 2.45) is 9.54 Å². The van der Waals surface area contributed by atoms with Crippen molar-refractivity contribution < 1.29 is 26.5 Å². The van der Waals surface area contributed by atoms with Gasteiger partial charge < -0.3 is 14.9 Å². The monoisotopic (exact) mass is 460 g/mol. The number of nitrogens with two attached hydrogens (primary N) is 1. The maximum atomic E-state index is 11.3. The molecule has 0 saturated carbocycles. The van der Waals surface area contributed by atoms with E-state index in [9.17, 15) is 21.9 Å². The summed E-state index contributed by atoms with van der Waals surface area (Å²) in [5.41, 5.74) is 2.09. The van der Waals surface area contributed by atoms with Gasteiger partial charge >= 0.3 is 10.0 Å². The molecule has 0 aliphatic rings. The Kier molecular flexibility index (Phi) is 10.9. The molecule has 0 saturated heterocycles. The summed E-state index contributed by atoms with van der Waals surface area (Å²) in [5.74, 6) is 0. The molecule has 0 aliphatic heterocycles. The van der Waals surface area contributed by atoms with Crippen LogP contribution in [0.5, 0.6) is 0 Å². The van der Waals surface area contributed by atoms with Crippen LogP contribution in [0.4, 0.5) is 11.4 Å². The van der Waals surface area contributed by atoms with E-state index >= 15 is 0 Å². The summed E-state index contributed by atoms with van der Waals surface area (Å²) in [6.45, 7) is 0. The van der Waals surface area contributed by atoms with E-state index in [1.807, 2.05) is 50.1 Å². The standard InChI is InChI=1S/C9H13N3O3S.C7H10N2.CH5NO2S/c1-11(2)8-4-6-12(7-5-8)9(13)10-16(3,14)15;1-9(2)7-3-5-8-6-4-7;1-5(2,3)4/h4-7H,1-3H3;3-6H,1-2H3;1H3,(H2,2,3,4).